The Morgan fingerprint density at radius 3 is 2.70 bits per heavy atom. The lowest BCUT2D eigenvalue weighted by Crippen LogP contribution is -2.39. The molecule has 7 heteroatoms. The van der Waals surface area contributed by atoms with Crippen molar-refractivity contribution in [2.75, 3.05) is 27.2 Å². The minimum atomic E-state index is 0.725. The van der Waals surface area contributed by atoms with Gasteiger partial charge in [-0.25, -0.2) is 0 Å². The third-order valence-corrected chi connectivity index (χ3v) is 4.37. The predicted molar refractivity (Wildman–Crippen MR) is 107 cm³/mol. The third-order valence-electron chi connectivity index (χ3n) is 4.37. The van der Waals surface area contributed by atoms with Gasteiger partial charge in [-0.05, 0) is 37.1 Å². The van der Waals surface area contributed by atoms with Gasteiger partial charge in [-0.1, -0.05) is 23.8 Å². The maximum Gasteiger partial charge on any atom is 0.191 e. The van der Waals surface area contributed by atoms with Gasteiger partial charge in [0.25, 0.3) is 0 Å². The van der Waals surface area contributed by atoms with E-state index < -0.39 is 0 Å². The number of guanidine groups is 1. The van der Waals surface area contributed by atoms with Crippen molar-refractivity contribution in [3.05, 3.63) is 59.5 Å². The zero-order valence-electron chi connectivity index (χ0n) is 16.1. The second-order valence-electron chi connectivity index (χ2n) is 6.29. The van der Waals surface area contributed by atoms with Gasteiger partial charge in [0, 0.05) is 32.8 Å². The van der Waals surface area contributed by atoms with Crippen LogP contribution >= 0.6 is 0 Å². The molecule has 27 heavy (non-hydrogen) atoms. The molecule has 7 nitrogen and oxygen atoms in total. The summed E-state index contributed by atoms with van der Waals surface area (Å²) in [4.78, 5) is 4.28. The number of benzene rings is 1. The van der Waals surface area contributed by atoms with Crippen LogP contribution in [0.1, 0.15) is 17.0 Å². The number of pyridine rings is 1. The minimum absolute atomic E-state index is 0.725. The molecule has 0 unspecified atom stereocenters. The average molecular weight is 366 g/mol. The van der Waals surface area contributed by atoms with Crippen molar-refractivity contribution in [1.82, 2.24) is 25.2 Å². The first-order valence-corrected chi connectivity index (χ1v) is 9.08. The highest BCUT2D eigenvalue weighted by Gasteiger charge is 2.06. The van der Waals surface area contributed by atoms with Crippen LogP contribution in [0, 0.1) is 6.92 Å². The molecule has 2 N–H and O–H groups in total. The van der Waals surface area contributed by atoms with Gasteiger partial charge in [-0.15, -0.1) is 10.2 Å². The fourth-order valence-corrected chi connectivity index (χ4v) is 2.99. The molecule has 3 rings (SSSR count). The number of hydrogen-bond donors (Lipinski definition) is 2. The second-order valence-corrected chi connectivity index (χ2v) is 6.29. The fourth-order valence-electron chi connectivity index (χ4n) is 2.99. The van der Waals surface area contributed by atoms with Crippen LogP contribution in [-0.2, 0) is 12.8 Å². The maximum absolute atomic E-state index is 5.44. The van der Waals surface area contributed by atoms with Crippen molar-refractivity contribution in [3.8, 4) is 5.75 Å². The molecule has 0 bridgehead atoms. The third kappa shape index (κ3) is 4.75. The van der Waals surface area contributed by atoms with Gasteiger partial charge >= 0.3 is 0 Å². The molecule has 0 aliphatic carbocycles. The Labute approximate surface area is 159 Å². The van der Waals surface area contributed by atoms with Gasteiger partial charge in [0.2, 0.25) is 0 Å². The molecule has 0 saturated carbocycles. The van der Waals surface area contributed by atoms with Gasteiger partial charge < -0.3 is 15.4 Å². The number of ether oxygens (including phenoxy) is 1. The number of methoxy groups -OCH3 is 1. The molecule has 142 valence electrons. The summed E-state index contributed by atoms with van der Waals surface area (Å²) in [6.45, 7) is 3.58. The normalized spacial score (nSPS) is 11.6. The van der Waals surface area contributed by atoms with E-state index in [1.54, 1.807) is 14.2 Å². The van der Waals surface area contributed by atoms with Crippen molar-refractivity contribution in [2.24, 2.45) is 4.99 Å². The van der Waals surface area contributed by atoms with E-state index in [1.165, 1.54) is 11.1 Å². The van der Waals surface area contributed by atoms with Gasteiger partial charge in [0.1, 0.15) is 11.6 Å². The lowest BCUT2D eigenvalue weighted by molar-refractivity contribution is 0.409. The van der Waals surface area contributed by atoms with E-state index in [4.69, 9.17) is 4.74 Å². The minimum Gasteiger partial charge on any atom is -0.496 e. The summed E-state index contributed by atoms with van der Waals surface area (Å²) in [5.74, 6) is 2.62. The summed E-state index contributed by atoms with van der Waals surface area (Å²) in [5, 5.41) is 15.1. The van der Waals surface area contributed by atoms with E-state index in [0.29, 0.717) is 0 Å². The first kappa shape index (κ1) is 18.7. The molecule has 0 aliphatic heterocycles. The van der Waals surface area contributed by atoms with Crippen LogP contribution in [0.25, 0.3) is 5.65 Å². The van der Waals surface area contributed by atoms with Gasteiger partial charge in [0.05, 0.1) is 7.11 Å². The van der Waals surface area contributed by atoms with Gasteiger partial charge in [-0.3, -0.25) is 9.39 Å². The van der Waals surface area contributed by atoms with Crippen LogP contribution in [0.15, 0.2) is 47.6 Å². The standard InChI is InChI=1S/C20H26N6O/c1-15-7-8-17(27-3)16(14-15)9-11-22-20(21-2)23-12-10-19-25-24-18-6-4-5-13-26(18)19/h4-8,13-14H,9-12H2,1-3H3,(H2,21,22,23). The van der Waals surface area contributed by atoms with E-state index in [9.17, 15) is 0 Å². The molecule has 0 spiro atoms. The molecular weight excluding hydrogens is 340 g/mol. The van der Waals surface area contributed by atoms with E-state index >= 15 is 0 Å². The number of aryl methyl sites for hydroxylation is 1. The smallest absolute Gasteiger partial charge is 0.191 e. The largest absolute Gasteiger partial charge is 0.496 e. The van der Waals surface area contributed by atoms with Crippen molar-refractivity contribution in [1.29, 1.82) is 0 Å². The monoisotopic (exact) mass is 366 g/mol. The Morgan fingerprint density at radius 2 is 1.93 bits per heavy atom. The molecule has 0 atom stereocenters. The van der Waals surface area contributed by atoms with Crippen molar-refractivity contribution >= 4 is 11.6 Å². The molecule has 0 radical (unpaired) electrons. The van der Waals surface area contributed by atoms with Crippen LogP contribution in [0.2, 0.25) is 0 Å². The predicted octanol–water partition coefficient (Wildman–Crippen LogP) is 2.00. The Bertz CT molecular complexity index is 918. The highest BCUT2D eigenvalue weighted by molar-refractivity contribution is 5.79. The summed E-state index contributed by atoms with van der Waals surface area (Å²) in [6, 6.07) is 12.1. The van der Waals surface area contributed by atoms with E-state index in [-0.39, 0.29) is 0 Å². The molecular formula is C20H26N6O. The van der Waals surface area contributed by atoms with Crippen LogP contribution in [0.3, 0.4) is 0 Å². The lowest BCUT2D eigenvalue weighted by Gasteiger charge is -2.13. The van der Waals surface area contributed by atoms with Crippen LogP contribution < -0.4 is 15.4 Å². The number of nitrogens with one attached hydrogen (secondary N) is 2. The van der Waals surface area contributed by atoms with Crippen LogP contribution in [0.4, 0.5) is 0 Å². The van der Waals surface area contributed by atoms with Crippen molar-refractivity contribution < 1.29 is 4.74 Å². The van der Waals surface area contributed by atoms with E-state index in [1.807, 2.05) is 34.9 Å². The van der Waals surface area contributed by atoms with Crippen molar-refractivity contribution in [3.63, 3.8) is 0 Å². The number of aliphatic imine (C=N–C) groups is 1. The summed E-state index contributed by atoms with van der Waals surface area (Å²) in [6.07, 6.45) is 3.60. The number of fused-ring (bicyclic) bond motifs is 1. The zero-order chi connectivity index (χ0) is 19.1. The van der Waals surface area contributed by atoms with Crippen molar-refractivity contribution in [2.45, 2.75) is 19.8 Å². The molecule has 1 aromatic carbocycles. The first-order valence-electron chi connectivity index (χ1n) is 9.08. The summed E-state index contributed by atoms with van der Waals surface area (Å²) in [5.41, 5.74) is 3.28. The lowest BCUT2D eigenvalue weighted by atomic mass is 10.1. The molecule has 0 fully saturated rings. The highest BCUT2D eigenvalue weighted by Crippen LogP contribution is 2.19. The summed E-state index contributed by atoms with van der Waals surface area (Å²) >= 11 is 0. The zero-order valence-corrected chi connectivity index (χ0v) is 16.1. The maximum atomic E-state index is 5.44. The van der Waals surface area contributed by atoms with Crippen LogP contribution in [-0.4, -0.2) is 47.8 Å². The number of aromatic nitrogens is 3. The Morgan fingerprint density at radius 1 is 1.11 bits per heavy atom. The Balaban J connectivity index is 1.48. The fraction of sp³-hybridized carbons (Fsp3) is 0.350. The number of nitrogens with zero attached hydrogens (tertiary/aromatic N) is 4. The number of hydrogen-bond acceptors (Lipinski definition) is 4. The molecule has 2 aromatic heterocycles. The van der Waals surface area contributed by atoms with E-state index in [0.717, 1.165) is 49.1 Å². The van der Waals surface area contributed by atoms with Gasteiger partial charge in [-0.2, -0.15) is 0 Å². The molecule has 3 aromatic rings. The molecule has 0 aliphatic rings. The first-order chi connectivity index (χ1) is 13.2. The number of rotatable bonds is 7. The molecule has 2 heterocycles. The Hall–Kier alpha value is -3.09. The summed E-state index contributed by atoms with van der Waals surface area (Å²) < 4.78 is 7.44. The summed E-state index contributed by atoms with van der Waals surface area (Å²) in [7, 11) is 3.48. The average Bonchev–Trinajstić information content (AvgIpc) is 3.10. The topological polar surface area (TPSA) is 75.8 Å². The SMILES string of the molecule is CN=C(NCCc1cc(C)ccc1OC)NCCc1nnc2ccccn12. The van der Waals surface area contributed by atoms with Gasteiger partial charge in [0.15, 0.2) is 11.6 Å². The second kappa shape index (κ2) is 9.02. The molecule has 0 amide bonds. The van der Waals surface area contributed by atoms with E-state index in [2.05, 4.69) is 44.9 Å². The molecule has 0 saturated heterocycles. The van der Waals surface area contributed by atoms with Crippen LogP contribution in [0.5, 0.6) is 5.75 Å². The highest BCUT2D eigenvalue weighted by atomic mass is 16.5. The quantitative estimate of drug-likeness (QED) is 0.494. The Kier molecular flexibility index (Phi) is 6.25.